The number of likely N-dealkylation sites (N-methyl/N-ethyl adjacent to an activating group) is 1. The summed E-state index contributed by atoms with van der Waals surface area (Å²) in [6, 6.07) is 19.7. The van der Waals surface area contributed by atoms with Crippen LogP contribution in [0.3, 0.4) is 0 Å². The molecule has 0 fully saturated rings. The van der Waals surface area contributed by atoms with Crippen LogP contribution in [0.4, 0.5) is 5.69 Å². The summed E-state index contributed by atoms with van der Waals surface area (Å²) < 4.78 is 0. The Morgan fingerprint density at radius 3 is 2.55 bits per heavy atom. The van der Waals surface area contributed by atoms with Gasteiger partial charge in [-0.2, -0.15) is 0 Å². The van der Waals surface area contributed by atoms with Gasteiger partial charge in [-0.15, -0.1) is 0 Å². The summed E-state index contributed by atoms with van der Waals surface area (Å²) in [5, 5.41) is 1.07. The Bertz CT molecular complexity index is 778. The zero-order valence-corrected chi connectivity index (χ0v) is 12.6. The summed E-state index contributed by atoms with van der Waals surface area (Å²) >= 11 is 0. The van der Waals surface area contributed by atoms with Crippen molar-refractivity contribution >= 4 is 22.5 Å². The standard InChI is InChI=1S/C19H18N2O/c1-2-21(17-11-4-3-5-12-17)18(22)14-16-9-6-8-15-10-7-13-20-19(15)16/h3-13H,2,14H2,1H3. The van der Waals surface area contributed by atoms with Gasteiger partial charge < -0.3 is 4.90 Å². The fourth-order valence-corrected chi connectivity index (χ4v) is 2.68. The number of hydrogen-bond acceptors (Lipinski definition) is 2. The number of pyridine rings is 1. The lowest BCUT2D eigenvalue weighted by Crippen LogP contribution is -2.32. The van der Waals surface area contributed by atoms with Crippen LogP contribution in [-0.4, -0.2) is 17.4 Å². The van der Waals surface area contributed by atoms with Gasteiger partial charge >= 0.3 is 0 Å². The number of benzene rings is 2. The molecule has 0 N–H and O–H groups in total. The maximum absolute atomic E-state index is 12.7. The summed E-state index contributed by atoms with van der Waals surface area (Å²) in [6.45, 7) is 2.65. The summed E-state index contributed by atoms with van der Waals surface area (Å²) in [7, 11) is 0. The van der Waals surface area contributed by atoms with Gasteiger partial charge in [0.2, 0.25) is 5.91 Å². The first-order chi connectivity index (χ1) is 10.8. The second-order valence-electron chi connectivity index (χ2n) is 5.14. The molecule has 0 aliphatic heterocycles. The lowest BCUT2D eigenvalue weighted by Gasteiger charge is -2.21. The van der Waals surface area contributed by atoms with Crippen molar-refractivity contribution in [2.75, 3.05) is 11.4 Å². The molecule has 0 saturated heterocycles. The first-order valence-electron chi connectivity index (χ1n) is 7.47. The van der Waals surface area contributed by atoms with Crippen molar-refractivity contribution in [2.24, 2.45) is 0 Å². The van der Waals surface area contributed by atoms with Gasteiger partial charge in [0.05, 0.1) is 11.9 Å². The van der Waals surface area contributed by atoms with Crippen LogP contribution in [0.25, 0.3) is 10.9 Å². The topological polar surface area (TPSA) is 33.2 Å². The van der Waals surface area contributed by atoms with Gasteiger partial charge in [-0.25, -0.2) is 0 Å². The molecule has 0 saturated carbocycles. The van der Waals surface area contributed by atoms with E-state index in [1.165, 1.54) is 0 Å². The molecule has 1 heterocycles. The Balaban J connectivity index is 1.89. The molecule has 0 spiro atoms. The molecular formula is C19H18N2O. The van der Waals surface area contributed by atoms with Gasteiger partial charge in [-0.3, -0.25) is 9.78 Å². The number of carbonyl (C=O) groups excluding carboxylic acids is 1. The minimum Gasteiger partial charge on any atom is -0.312 e. The lowest BCUT2D eigenvalue weighted by atomic mass is 10.1. The molecule has 3 aromatic rings. The maximum Gasteiger partial charge on any atom is 0.231 e. The minimum atomic E-state index is 0.0897. The molecule has 0 radical (unpaired) electrons. The molecular weight excluding hydrogens is 272 g/mol. The van der Waals surface area contributed by atoms with Gasteiger partial charge in [0.15, 0.2) is 0 Å². The van der Waals surface area contributed by atoms with Crippen molar-refractivity contribution in [2.45, 2.75) is 13.3 Å². The zero-order chi connectivity index (χ0) is 15.4. The number of anilines is 1. The van der Waals surface area contributed by atoms with Crippen LogP contribution < -0.4 is 4.90 Å². The number of hydrogen-bond donors (Lipinski definition) is 0. The number of fused-ring (bicyclic) bond motifs is 1. The van der Waals surface area contributed by atoms with Crippen molar-refractivity contribution in [1.82, 2.24) is 4.98 Å². The summed E-state index contributed by atoms with van der Waals surface area (Å²) in [5.74, 6) is 0.0897. The van der Waals surface area contributed by atoms with Crippen LogP contribution in [0.5, 0.6) is 0 Å². The largest absolute Gasteiger partial charge is 0.312 e. The highest BCUT2D eigenvalue weighted by molar-refractivity contribution is 5.97. The van der Waals surface area contributed by atoms with Crippen molar-refractivity contribution in [3.05, 3.63) is 72.4 Å². The number of aromatic nitrogens is 1. The molecule has 2 aromatic carbocycles. The minimum absolute atomic E-state index is 0.0897. The molecule has 0 aliphatic rings. The number of nitrogens with zero attached hydrogens (tertiary/aromatic N) is 2. The van der Waals surface area contributed by atoms with Crippen molar-refractivity contribution < 1.29 is 4.79 Å². The van der Waals surface area contributed by atoms with Gasteiger partial charge in [-0.05, 0) is 30.7 Å². The average molecular weight is 290 g/mol. The molecule has 3 nitrogen and oxygen atoms in total. The third-order valence-corrected chi connectivity index (χ3v) is 3.74. The van der Waals surface area contributed by atoms with Crippen LogP contribution in [0.1, 0.15) is 12.5 Å². The van der Waals surface area contributed by atoms with Crippen molar-refractivity contribution in [1.29, 1.82) is 0 Å². The van der Waals surface area contributed by atoms with E-state index in [1.54, 1.807) is 6.20 Å². The van der Waals surface area contributed by atoms with Gasteiger partial charge in [0, 0.05) is 23.8 Å². The van der Waals surface area contributed by atoms with Crippen LogP contribution >= 0.6 is 0 Å². The second-order valence-corrected chi connectivity index (χ2v) is 5.14. The monoisotopic (exact) mass is 290 g/mol. The molecule has 22 heavy (non-hydrogen) atoms. The van der Waals surface area contributed by atoms with E-state index in [0.717, 1.165) is 22.2 Å². The van der Waals surface area contributed by atoms with Crippen LogP contribution in [0.15, 0.2) is 66.9 Å². The number of para-hydroxylation sites is 2. The van der Waals surface area contributed by atoms with Crippen LogP contribution in [0, 0.1) is 0 Å². The summed E-state index contributed by atoms with van der Waals surface area (Å²) in [5.41, 5.74) is 2.81. The van der Waals surface area contributed by atoms with E-state index in [1.807, 2.05) is 72.5 Å². The van der Waals surface area contributed by atoms with E-state index in [0.29, 0.717) is 13.0 Å². The van der Waals surface area contributed by atoms with E-state index in [2.05, 4.69) is 4.98 Å². The molecule has 0 bridgehead atoms. The third kappa shape index (κ3) is 2.84. The highest BCUT2D eigenvalue weighted by atomic mass is 16.2. The van der Waals surface area contributed by atoms with Crippen LogP contribution in [-0.2, 0) is 11.2 Å². The van der Waals surface area contributed by atoms with E-state index in [-0.39, 0.29) is 5.91 Å². The number of amides is 1. The van der Waals surface area contributed by atoms with E-state index >= 15 is 0 Å². The molecule has 1 aromatic heterocycles. The normalized spacial score (nSPS) is 10.6. The Kier molecular flexibility index (Phi) is 4.15. The number of rotatable bonds is 4. The Morgan fingerprint density at radius 2 is 1.77 bits per heavy atom. The Morgan fingerprint density at radius 1 is 1.00 bits per heavy atom. The van der Waals surface area contributed by atoms with E-state index in [9.17, 15) is 4.79 Å². The van der Waals surface area contributed by atoms with E-state index < -0.39 is 0 Å². The smallest absolute Gasteiger partial charge is 0.231 e. The first kappa shape index (κ1) is 14.3. The third-order valence-electron chi connectivity index (χ3n) is 3.74. The van der Waals surface area contributed by atoms with Gasteiger partial charge in [0.25, 0.3) is 0 Å². The average Bonchev–Trinajstić information content (AvgIpc) is 2.57. The highest BCUT2D eigenvalue weighted by Crippen LogP contribution is 2.19. The quantitative estimate of drug-likeness (QED) is 0.731. The Hall–Kier alpha value is -2.68. The molecule has 0 aliphatic carbocycles. The molecule has 0 unspecified atom stereocenters. The number of carbonyl (C=O) groups is 1. The van der Waals surface area contributed by atoms with Gasteiger partial charge in [-0.1, -0.05) is 42.5 Å². The SMILES string of the molecule is CCN(C(=O)Cc1cccc2cccnc12)c1ccccc1. The van der Waals surface area contributed by atoms with Crippen molar-refractivity contribution in [3.63, 3.8) is 0 Å². The molecule has 3 heteroatoms. The zero-order valence-electron chi connectivity index (χ0n) is 12.6. The molecule has 0 atom stereocenters. The summed E-state index contributed by atoms with van der Waals surface area (Å²) in [6.07, 6.45) is 2.13. The Labute approximate surface area is 130 Å². The van der Waals surface area contributed by atoms with E-state index in [4.69, 9.17) is 0 Å². The molecule has 110 valence electrons. The van der Waals surface area contributed by atoms with Gasteiger partial charge in [0.1, 0.15) is 0 Å². The van der Waals surface area contributed by atoms with Crippen molar-refractivity contribution in [3.8, 4) is 0 Å². The molecule has 1 amide bonds. The van der Waals surface area contributed by atoms with Crippen LogP contribution in [0.2, 0.25) is 0 Å². The molecule has 3 rings (SSSR count). The predicted molar refractivity (Wildman–Crippen MR) is 89.9 cm³/mol. The summed E-state index contributed by atoms with van der Waals surface area (Å²) in [4.78, 5) is 18.9. The predicted octanol–water partition coefficient (Wildman–Crippen LogP) is 3.83. The lowest BCUT2D eigenvalue weighted by molar-refractivity contribution is -0.117. The second kappa shape index (κ2) is 6.39. The first-order valence-corrected chi connectivity index (χ1v) is 7.47. The maximum atomic E-state index is 12.7. The fraction of sp³-hybridized carbons (Fsp3) is 0.158. The fourth-order valence-electron chi connectivity index (χ4n) is 2.68. The highest BCUT2D eigenvalue weighted by Gasteiger charge is 2.15.